The summed E-state index contributed by atoms with van der Waals surface area (Å²) in [4.78, 5) is 19.4. The molecule has 3 aromatic rings. The number of aromatic nitrogens is 2. The van der Waals surface area contributed by atoms with Crippen molar-refractivity contribution in [3.05, 3.63) is 66.0 Å². The Labute approximate surface area is 171 Å². The van der Waals surface area contributed by atoms with E-state index >= 15 is 0 Å². The van der Waals surface area contributed by atoms with Crippen LogP contribution in [0.25, 0.3) is 11.3 Å². The quantitative estimate of drug-likeness (QED) is 0.714. The van der Waals surface area contributed by atoms with E-state index in [4.69, 9.17) is 10.7 Å². The molecule has 0 atom stereocenters. The highest BCUT2D eigenvalue weighted by Gasteiger charge is 2.32. The number of nitrogens with one attached hydrogen (secondary N) is 1. The summed E-state index contributed by atoms with van der Waals surface area (Å²) in [7, 11) is 0. The number of anilines is 2. The van der Waals surface area contributed by atoms with Crippen molar-refractivity contribution in [1.29, 1.82) is 0 Å². The molecule has 2 heterocycles. The summed E-state index contributed by atoms with van der Waals surface area (Å²) in [6.45, 7) is 7.30. The molecule has 0 unspecified atom stereocenters. The first-order valence-electron chi connectivity index (χ1n) is 9.90. The largest absolute Gasteiger partial charge is 0.340 e. The lowest BCUT2D eigenvalue weighted by atomic mass is 10.1. The maximum atomic E-state index is 12.7. The fraction of sp³-hybridized carbons (Fsp3) is 0.304. The van der Waals surface area contributed by atoms with Gasteiger partial charge in [0, 0.05) is 24.3 Å². The number of nitrogens with two attached hydrogens (primary N) is 1. The molecule has 0 saturated carbocycles. The first kappa shape index (κ1) is 19.2. The van der Waals surface area contributed by atoms with E-state index in [-0.39, 0.29) is 5.91 Å². The number of carbonyl (C=O) groups is 1. The summed E-state index contributed by atoms with van der Waals surface area (Å²) < 4.78 is 2.18. The molecule has 1 amide bonds. The highest BCUT2D eigenvalue weighted by Crippen LogP contribution is 2.33. The second kappa shape index (κ2) is 7.37. The van der Waals surface area contributed by atoms with Crippen LogP contribution < -0.4 is 11.1 Å². The maximum absolute atomic E-state index is 12.7. The summed E-state index contributed by atoms with van der Waals surface area (Å²) in [6, 6.07) is 18.4. The van der Waals surface area contributed by atoms with E-state index in [0.717, 1.165) is 28.6 Å². The van der Waals surface area contributed by atoms with Gasteiger partial charge in [-0.3, -0.25) is 4.79 Å². The lowest BCUT2D eigenvalue weighted by Gasteiger charge is -2.33. The number of carbonyl (C=O) groups excluding carboxylic acids is 1. The third-order valence-electron chi connectivity index (χ3n) is 5.17. The zero-order chi connectivity index (χ0) is 20.6. The zero-order valence-electron chi connectivity index (χ0n) is 17.1. The smallest absolute Gasteiger partial charge is 0.242 e. The third kappa shape index (κ3) is 3.89. The van der Waals surface area contributed by atoms with Gasteiger partial charge in [0.2, 0.25) is 5.91 Å². The SMILES string of the molecule is Cc1ccc(Nc2c(-c3ccccc3)nc3n2CCN(C(=O)C(C)(C)N)C3)cc1. The standard InChI is InChI=1S/C23H27N5O/c1-16-9-11-18(12-10-16)25-21-20(17-7-5-4-6-8-17)26-19-15-27(13-14-28(19)21)22(29)23(2,3)24/h4-12,25H,13-15,24H2,1-3H3. The first-order valence-corrected chi connectivity index (χ1v) is 9.90. The van der Waals surface area contributed by atoms with Gasteiger partial charge in [-0.15, -0.1) is 0 Å². The molecule has 1 aliphatic heterocycles. The summed E-state index contributed by atoms with van der Waals surface area (Å²) in [5, 5.41) is 3.55. The fourth-order valence-corrected chi connectivity index (χ4v) is 3.61. The molecule has 6 nitrogen and oxygen atoms in total. The van der Waals surface area contributed by atoms with Gasteiger partial charge in [0.25, 0.3) is 0 Å². The predicted molar refractivity (Wildman–Crippen MR) is 116 cm³/mol. The lowest BCUT2D eigenvalue weighted by molar-refractivity contribution is -0.137. The number of amides is 1. The van der Waals surface area contributed by atoms with E-state index in [0.29, 0.717) is 19.6 Å². The Hall–Kier alpha value is -3.12. The van der Waals surface area contributed by atoms with Crippen molar-refractivity contribution in [1.82, 2.24) is 14.5 Å². The van der Waals surface area contributed by atoms with Gasteiger partial charge in [-0.1, -0.05) is 48.0 Å². The van der Waals surface area contributed by atoms with Crippen LogP contribution in [-0.4, -0.2) is 32.4 Å². The van der Waals surface area contributed by atoms with Crippen LogP contribution in [0.5, 0.6) is 0 Å². The Morgan fingerprint density at radius 2 is 1.76 bits per heavy atom. The van der Waals surface area contributed by atoms with Crippen molar-refractivity contribution in [2.24, 2.45) is 5.73 Å². The molecule has 3 N–H and O–H groups in total. The van der Waals surface area contributed by atoms with Gasteiger partial charge in [0.1, 0.15) is 17.3 Å². The molecule has 150 valence electrons. The van der Waals surface area contributed by atoms with Crippen LogP contribution in [0.4, 0.5) is 11.5 Å². The lowest BCUT2D eigenvalue weighted by Crippen LogP contribution is -2.52. The zero-order valence-corrected chi connectivity index (χ0v) is 17.1. The number of nitrogens with zero attached hydrogens (tertiary/aromatic N) is 3. The van der Waals surface area contributed by atoms with Crippen LogP contribution in [0.2, 0.25) is 0 Å². The summed E-state index contributed by atoms with van der Waals surface area (Å²) in [5.74, 6) is 1.76. The highest BCUT2D eigenvalue weighted by molar-refractivity contribution is 5.85. The molecule has 0 spiro atoms. The molecular formula is C23H27N5O. The molecule has 1 aliphatic rings. The Morgan fingerprint density at radius 1 is 1.07 bits per heavy atom. The van der Waals surface area contributed by atoms with E-state index in [1.807, 2.05) is 18.2 Å². The molecule has 0 radical (unpaired) electrons. The topological polar surface area (TPSA) is 76.2 Å². The molecule has 0 aliphatic carbocycles. The minimum atomic E-state index is -0.889. The minimum absolute atomic E-state index is 0.0546. The van der Waals surface area contributed by atoms with Crippen LogP contribution in [-0.2, 0) is 17.9 Å². The van der Waals surface area contributed by atoms with Gasteiger partial charge in [0.15, 0.2) is 0 Å². The van der Waals surface area contributed by atoms with Crippen molar-refractivity contribution < 1.29 is 4.79 Å². The summed E-state index contributed by atoms with van der Waals surface area (Å²) in [6.07, 6.45) is 0. The van der Waals surface area contributed by atoms with Crippen molar-refractivity contribution in [2.45, 2.75) is 39.4 Å². The van der Waals surface area contributed by atoms with Crippen LogP contribution >= 0.6 is 0 Å². The van der Waals surface area contributed by atoms with Crippen LogP contribution in [0, 0.1) is 6.92 Å². The predicted octanol–water partition coefficient (Wildman–Crippen LogP) is 3.68. The fourth-order valence-electron chi connectivity index (χ4n) is 3.61. The molecule has 6 heteroatoms. The van der Waals surface area contributed by atoms with Crippen molar-refractivity contribution in [2.75, 3.05) is 11.9 Å². The van der Waals surface area contributed by atoms with Crippen molar-refractivity contribution >= 4 is 17.4 Å². The van der Waals surface area contributed by atoms with Crippen LogP contribution in [0.15, 0.2) is 54.6 Å². The number of benzene rings is 2. The van der Waals surface area contributed by atoms with E-state index in [2.05, 4.69) is 53.2 Å². The van der Waals surface area contributed by atoms with E-state index in [1.165, 1.54) is 5.56 Å². The van der Waals surface area contributed by atoms with E-state index in [1.54, 1.807) is 18.7 Å². The number of hydrogen-bond donors (Lipinski definition) is 2. The van der Waals surface area contributed by atoms with Crippen LogP contribution in [0.3, 0.4) is 0 Å². The normalized spacial score (nSPS) is 13.9. The van der Waals surface area contributed by atoms with Gasteiger partial charge < -0.3 is 20.5 Å². The Morgan fingerprint density at radius 3 is 2.41 bits per heavy atom. The van der Waals surface area contributed by atoms with E-state index < -0.39 is 5.54 Å². The third-order valence-corrected chi connectivity index (χ3v) is 5.17. The number of fused-ring (bicyclic) bond motifs is 1. The average molecular weight is 390 g/mol. The van der Waals surface area contributed by atoms with Gasteiger partial charge in [-0.25, -0.2) is 4.98 Å². The highest BCUT2D eigenvalue weighted by atomic mass is 16.2. The molecule has 29 heavy (non-hydrogen) atoms. The molecule has 4 rings (SSSR count). The number of rotatable bonds is 4. The molecule has 0 saturated heterocycles. The van der Waals surface area contributed by atoms with Gasteiger partial charge in [-0.2, -0.15) is 0 Å². The van der Waals surface area contributed by atoms with Crippen molar-refractivity contribution in [3.8, 4) is 11.3 Å². The van der Waals surface area contributed by atoms with Gasteiger partial charge in [-0.05, 0) is 32.9 Å². The summed E-state index contributed by atoms with van der Waals surface area (Å²) in [5.41, 5.74) is 9.31. The molecule has 0 bridgehead atoms. The number of hydrogen-bond acceptors (Lipinski definition) is 4. The second-order valence-corrected chi connectivity index (χ2v) is 8.18. The van der Waals surface area contributed by atoms with Gasteiger partial charge >= 0.3 is 0 Å². The molecule has 1 aromatic heterocycles. The Bertz CT molecular complexity index is 1020. The Kier molecular flexibility index (Phi) is 4.88. The average Bonchev–Trinajstić information content (AvgIpc) is 3.06. The number of imidazole rings is 1. The maximum Gasteiger partial charge on any atom is 0.242 e. The van der Waals surface area contributed by atoms with Gasteiger partial charge in [0.05, 0.1) is 12.1 Å². The molecule has 0 fully saturated rings. The summed E-state index contributed by atoms with van der Waals surface area (Å²) >= 11 is 0. The minimum Gasteiger partial charge on any atom is -0.340 e. The second-order valence-electron chi connectivity index (χ2n) is 8.18. The van der Waals surface area contributed by atoms with Crippen LogP contribution in [0.1, 0.15) is 25.2 Å². The molecular weight excluding hydrogens is 362 g/mol. The Balaban J connectivity index is 1.73. The monoisotopic (exact) mass is 389 g/mol. The number of aryl methyl sites for hydroxylation is 1. The van der Waals surface area contributed by atoms with E-state index in [9.17, 15) is 4.79 Å². The van der Waals surface area contributed by atoms with Crippen molar-refractivity contribution in [3.63, 3.8) is 0 Å². The molecule has 2 aromatic carbocycles. The first-order chi connectivity index (χ1) is 13.8.